The molecule has 1 aliphatic heterocycles. The van der Waals surface area contributed by atoms with Crippen molar-refractivity contribution in [2.75, 3.05) is 59.0 Å². The number of hydrogen-bond acceptors (Lipinski definition) is 4. The first-order chi connectivity index (χ1) is 10.2. The van der Waals surface area contributed by atoms with Gasteiger partial charge in [0.25, 0.3) is 0 Å². The third kappa shape index (κ3) is 8.15. The molecule has 4 heteroatoms. The van der Waals surface area contributed by atoms with Gasteiger partial charge < -0.3 is 10.1 Å². The van der Waals surface area contributed by atoms with Crippen molar-refractivity contribution in [1.82, 2.24) is 15.1 Å². The number of nitrogens with zero attached hydrogens (tertiary/aromatic N) is 2. The van der Waals surface area contributed by atoms with E-state index in [4.69, 9.17) is 4.74 Å². The van der Waals surface area contributed by atoms with Crippen molar-refractivity contribution < 1.29 is 4.74 Å². The fourth-order valence-electron chi connectivity index (χ4n) is 2.62. The fourth-order valence-corrected chi connectivity index (χ4v) is 2.62. The Balaban J connectivity index is 1.93. The number of ether oxygens (including phenoxy) is 1. The van der Waals surface area contributed by atoms with E-state index in [-0.39, 0.29) is 0 Å². The molecule has 126 valence electrons. The van der Waals surface area contributed by atoms with Gasteiger partial charge in [0.15, 0.2) is 0 Å². The van der Waals surface area contributed by atoms with Crippen molar-refractivity contribution in [3.8, 4) is 0 Å². The highest BCUT2D eigenvalue weighted by Crippen LogP contribution is 2.08. The molecular weight excluding hydrogens is 262 g/mol. The topological polar surface area (TPSA) is 27.7 Å². The SMILES string of the molecule is CCC(C)CNCCOCCN1CCN(C(C)CC)CC1. The van der Waals surface area contributed by atoms with Crippen LogP contribution in [0.3, 0.4) is 0 Å². The van der Waals surface area contributed by atoms with Crippen molar-refractivity contribution in [2.24, 2.45) is 5.92 Å². The largest absolute Gasteiger partial charge is 0.379 e. The lowest BCUT2D eigenvalue weighted by molar-refractivity contribution is 0.0638. The van der Waals surface area contributed by atoms with E-state index in [1.807, 2.05) is 0 Å². The Labute approximate surface area is 132 Å². The molecule has 0 aromatic carbocycles. The van der Waals surface area contributed by atoms with E-state index in [2.05, 4.69) is 42.8 Å². The van der Waals surface area contributed by atoms with Crippen molar-refractivity contribution in [2.45, 2.75) is 46.6 Å². The number of hydrogen-bond donors (Lipinski definition) is 1. The highest BCUT2D eigenvalue weighted by Gasteiger charge is 2.19. The van der Waals surface area contributed by atoms with Crippen molar-refractivity contribution in [3.05, 3.63) is 0 Å². The van der Waals surface area contributed by atoms with Crippen LogP contribution in [0.5, 0.6) is 0 Å². The summed E-state index contributed by atoms with van der Waals surface area (Å²) in [6.07, 6.45) is 2.50. The molecule has 2 atom stereocenters. The summed E-state index contributed by atoms with van der Waals surface area (Å²) in [5, 5.41) is 3.45. The summed E-state index contributed by atoms with van der Waals surface area (Å²) in [5.41, 5.74) is 0. The Morgan fingerprint density at radius 3 is 2.33 bits per heavy atom. The van der Waals surface area contributed by atoms with E-state index >= 15 is 0 Å². The minimum atomic E-state index is 0.736. The first-order valence-electron chi connectivity index (χ1n) is 8.92. The lowest BCUT2D eigenvalue weighted by Gasteiger charge is -2.37. The lowest BCUT2D eigenvalue weighted by atomic mass is 10.1. The summed E-state index contributed by atoms with van der Waals surface area (Å²) in [6, 6.07) is 0.736. The van der Waals surface area contributed by atoms with Gasteiger partial charge in [-0.15, -0.1) is 0 Å². The zero-order valence-corrected chi connectivity index (χ0v) is 14.7. The summed E-state index contributed by atoms with van der Waals surface area (Å²) in [6.45, 7) is 18.8. The van der Waals surface area contributed by atoms with Gasteiger partial charge in [-0.05, 0) is 25.8 Å². The van der Waals surface area contributed by atoms with Crippen molar-refractivity contribution in [3.63, 3.8) is 0 Å². The van der Waals surface area contributed by atoms with Gasteiger partial charge in [0, 0.05) is 45.3 Å². The molecule has 0 amide bonds. The zero-order chi connectivity index (χ0) is 15.5. The second-order valence-electron chi connectivity index (χ2n) is 6.46. The van der Waals surface area contributed by atoms with Crippen LogP contribution in [0.1, 0.15) is 40.5 Å². The summed E-state index contributed by atoms with van der Waals surface area (Å²) in [7, 11) is 0. The van der Waals surface area contributed by atoms with Gasteiger partial charge >= 0.3 is 0 Å². The van der Waals surface area contributed by atoms with E-state index in [9.17, 15) is 0 Å². The molecule has 1 rings (SSSR count). The maximum absolute atomic E-state index is 5.73. The summed E-state index contributed by atoms with van der Waals surface area (Å²) in [4.78, 5) is 5.14. The van der Waals surface area contributed by atoms with E-state index in [0.29, 0.717) is 0 Å². The van der Waals surface area contributed by atoms with Crippen LogP contribution < -0.4 is 5.32 Å². The molecule has 0 aliphatic carbocycles. The van der Waals surface area contributed by atoms with Crippen LogP contribution in [-0.2, 0) is 4.74 Å². The molecule has 1 aliphatic rings. The number of nitrogens with one attached hydrogen (secondary N) is 1. The molecule has 1 fully saturated rings. The molecule has 0 saturated carbocycles. The third-order valence-corrected chi connectivity index (χ3v) is 4.79. The Morgan fingerprint density at radius 1 is 1.00 bits per heavy atom. The molecule has 0 radical (unpaired) electrons. The quantitative estimate of drug-likeness (QED) is 0.591. The van der Waals surface area contributed by atoms with Crippen LogP contribution >= 0.6 is 0 Å². The highest BCUT2D eigenvalue weighted by molar-refractivity contribution is 4.75. The number of rotatable bonds is 11. The van der Waals surface area contributed by atoms with Gasteiger partial charge in [-0.1, -0.05) is 27.2 Å². The second kappa shape index (κ2) is 11.4. The summed E-state index contributed by atoms with van der Waals surface area (Å²) < 4.78 is 5.73. The van der Waals surface area contributed by atoms with Crippen LogP contribution in [0.4, 0.5) is 0 Å². The molecular formula is C17H37N3O. The van der Waals surface area contributed by atoms with Gasteiger partial charge in [0.2, 0.25) is 0 Å². The summed E-state index contributed by atoms with van der Waals surface area (Å²) >= 11 is 0. The molecule has 0 aromatic heterocycles. The maximum atomic E-state index is 5.73. The minimum absolute atomic E-state index is 0.736. The zero-order valence-electron chi connectivity index (χ0n) is 14.7. The average molecular weight is 300 g/mol. The van der Waals surface area contributed by atoms with Crippen molar-refractivity contribution >= 4 is 0 Å². The fraction of sp³-hybridized carbons (Fsp3) is 1.00. The van der Waals surface area contributed by atoms with Gasteiger partial charge in [0.05, 0.1) is 13.2 Å². The Kier molecular flexibility index (Phi) is 10.3. The van der Waals surface area contributed by atoms with E-state index in [1.54, 1.807) is 0 Å². The van der Waals surface area contributed by atoms with Crippen LogP contribution in [0.2, 0.25) is 0 Å². The standard InChI is InChI=1S/C17H37N3O/c1-5-16(3)15-18-7-13-21-14-12-19-8-10-20(11-9-19)17(4)6-2/h16-18H,5-15H2,1-4H3. The normalized spacial score (nSPS) is 20.6. The Morgan fingerprint density at radius 2 is 1.71 bits per heavy atom. The maximum Gasteiger partial charge on any atom is 0.0594 e. The average Bonchev–Trinajstić information content (AvgIpc) is 2.53. The van der Waals surface area contributed by atoms with Crippen molar-refractivity contribution in [1.29, 1.82) is 0 Å². The van der Waals surface area contributed by atoms with Crippen LogP contribution in [0.15, 0.2) is 0 Å². The molecule has 1 N–H and O–H groups in total. The predicted octanol–water partition coefficient (Wildman–Crippen LogP) is 2.05. The molecule has 4 nitrogen and oxygen atoms in total. The predicted molar refractivity (Wildman–Crippen MR) is 90.9 cm³/mol. The highest BCUT2D eigenvalue weighted by atomic mass is 16.5. The first-order valence-corrected chi connectivity index (χ1v) is 8.92. The monoisotopic (exact) mass is 299 g/mol. The van der Waals surface area contributed by atoms with E-state index < -0.39 is 0 Å². The molecule has 1 saturated heterocycles. The Bertz CT molecular complexity index is 242. The van der Waals surface area contributed by atoms with Crippen LogP contribution in [-0.4, -0.2) is 74.9 Å². The molecule has 1 heterocycles. The van der Waals surface area contributed by atoms with Crippen LogP contribution in [0.25, 0.3) is 0 Å². The minimum Gasteiger partial charge on any atom is -0.379 e. The molecule has 21 heavy (non-hydrogen) atoms. The van der Waals surface area contributed by atoms with Gasteiger partial charge in [-0.3, -0.25) is 9.80 Å². The lowest BCUT2D eigenvalue weighted by Crippen LogP contribution is -2.50. The van der Waals surface area contributed by atoms with Crippen LogP contribution in [0, 0.1) is 5.92 Å². The van der Waals surface area contributed by atoms with Gasteiger partial charge in [-0.2, -0.15) is 0 Å². The van der Waals surface area contributed by atoms with Gasteiger partial charge in [-0.25, -0.2) is 0 Å². The number of piperazine rings is 1. The first kappa shape index (κ1) is 18.9. The molecule has 2 unspecified atom stereocenters. The van der Waals surface area contributed by atoms with Gasteiger partial charge in [0.1, 0.15) is 0 Å². The molecule has 0 aromatic rings. The smallest absolute Gasteiger partial charge is 0.0594 e. The van der Waals surface area contributed by atoms with E-state index in [0.717, 1.165) is 44.8 Å². The summed E-state index contributed by atoms with van der Waals surface area (Å²) in [5.74, 6) is 0.770. The molecule has 0 spiro atoms. The molecule has 0 bridgehead atoms. The second-order valence-corrected chi connectivity index (χ2v) is 6.46. The Hall–Kier alpha value is -0.160. The third-order valence-electron chi connectivity index (χ3n) is 4.79. The van der Waals surface area contributed by atoms with E-state index in [1.165, 1.54) is 39.0 Å².